The van der Waals surface area contributed by atoms with Crippen LogP contribution in [-0.2, 0) is 11.3 Å². The number of rotatable bonds is 7. The number of carbonyl (C=O) groups excluding carboxylic acids is 1. The Morgan fingerprint density at radius 3 is 2.53 bits per heavy atom. The summed E-state index contributed by atoms with van der Waals surface area (Å²) in [7, 11) is 0. The monoisotopic (exact) mass is 480 g/mol. The summed E-state index contributed by atoms with van der Waals surface area (Å²) in [5.74, 6) is 1.17. The molecule has 2 unspecified atom stereocenters. The Kier molecular flexibility index (Phi) is 7.23. The van der Waals surface area contributed by atoms with Gasteiger partial charge in [0.15, 0.2) is 0 Å². The number of aromatic nitrogens is 2. The molecule has 5 rings (SSSR count). The van der Waals surface area contributed by atoms with E-state index in [2.05, 4.69) is 57.6 Å². The summed E-state index contributed by atoms with van der Waals surface area (Å²) in [6.45, 7) is 6.25. The number of likely N-dealkylation sites (tertiary alicyclic amines) is 1. The molecule has 0 spiro atoms. The number of carbonyl (C=O) groups is 1. The Labute approximate surface area is 212 Å². The second kappa shape index (κ2) is 10.9. The van der Waals surface area contributed by atoms with Gasteiger partial charge >= 0.3 is 0 Å². The zero-order valence-electron chi connectivity index (χ0n) is 20.9. The molecular weight excluding hydrogens is 448 g/mol. The number of benzene rings is 3. The lowest BCUT2D eigenvalue weighted by molar-refractivity contribution is -0.127. The highest BCUT2D eigenvalue weighted by molar-refractivity contribution is 5.80. The quantitative estimate of drug-likeness (QED) is 0.380. The number of aryl methyl sites for hydroxylation is 2. The summed E-state index contributed by atoms with van der Waals surface area (Å²) >= 11 is 0. The van der Waals surface area contributed by atoms with Crippen molar-refractivity contribution < 1.29 is 9.32 Å². The predicted molar refractivity (Wildman–Crippen MR) is 140 cm³/mol. The summed E-state index contributed by atoms with van der Waals surface area (Å²) in [6.07, 6.45) is 1.83. The summed E-state index contributed by atoms with van der Waals surface area (Å²) in [6, 6.07) is 26.4. The van der Waals surface area contributed by atoms with Crippen LogP contribution in [0, 0.1) is 19.8 Å². The third kappa shape index (κ3) is 5.71. The van der Waals surface area contributed by atoms with E-state index in [0.717, 1.165) is 41.6 Å². The minimum atomic E-state index is -0.179. The van der Waals surface area contributed by atoms with Crippen LogP contribution >= 0.6 is 0 Å². The third-order valence-corrected chi connectivity index (χ3v) is 6.77. The van der Waals surface area contributed by atoms with E-state index >= 15 is 0 Å². The van der Waals surface area contributed by atoms with E-state index in [0.29, 0.717) is 24.8 Å². The van der Waals surface area contributed by atoms with Crippen molar-refractivity contribution in [3.63, 3.8) is 0 Å². The molecule has 1 amide bonds. The third-order valence-electron chi connectivity index (χ3n) is 6.77. The molecule has 6 nitrogen and oxygen atoms in total. The molecule has 0 bridgehead atoms. The van der Waals surface area contributed by atoms with Crippen LogP contribution in [0.4, 0.5) is 0 Å². The lowest BCUT2D eigenvalue weighted by Gasteiger charge is -2.32. The summed E-state index contributed by atoms with van der Waals surface area (Å²) < 4.78 is 5.55. The van der Waals surface area contributed by atoms with Crippen LogP contribution in [0.1, 0.15) is 47.0 Å². The molecule has 0 aliphatic carbocycles. The van der Waals surface area contributed by atoms with E-state index in [-0.39, 0.29) is 17.9 Å². The van der Waals surface area contributed by atoms with E-state index in [1.165, 1.54) is 5.56 Å². The maximum atomic E-state index is 13.5. The van der Waals surface area contributed by atoms with Crippen LogP contribution in [0.5, 0.6) is 0 Å². The summed E-state index contributed by atoms with van der Waals surface area (Å²) in [5.41, 5.74) is 5.46. The highest BCUT2D eigenvalue weighted by Crippen LogP contribution is 2.26. The Morgan fingerprint density at radius 2 is 1.75 bits per heavy atom. The van der Waals surface area contributed by atoms with Gasteiger partial charge in [0, 0.05) is 12.1 Å². The number of amides is 1. The van der Waals surface area contributed by atoms with Crippen molar-refractivity contribution >= 4 is 5.91 Å². The average molecular weight is 481 g/mol. The van der Waals surface area contributed by atoms with Gasteiger partial charge in [-0.2, -0.15) is 4.98 Å². The molecule has 1 aromatic heterocycles. The minimum Gasteiger partial charge on any atom is -0.345 e. The van der Waals surface area contributed by atoms with Gasteiger partial charge in [-0.25, -0.2) is 0 Å². The standard InChI is InChI=1S/C30H32N4O2/c1-21-9-6-13-24(17-21)28(23-11-4-3-5-12-23)32-30(35)26-15-8-16-34(19-26)20-27-31-29(33-36-27)25-14-7-10-22(2)18-25/h3-7,9-14,17-18,26,28H,8,15-16,19-20H2,1-2H3,(H,32,35). The maximum Gasteiger partial charge on any atom is 0.241 e. The van der Waals surface area contributed by atoms with E-state index < -0.39 is 0 Å². The summed E-state index contributed by atoms with van der Waals surface area (Å²) in [5, 5.41) is 7.51. The largest absolute Gasteiger partial charge is 0.345 e. The van der Waals surface area contributed by atoms with Crippen LogP contribution in [0.25, 0.3) is 11.4 Å². The molecule has 3 aromatic carbocycles. The highest BCUT2D eigenvalue weighted by atomic mass is 16.5. The molecular formula is C30H32N4O2. The van der Waals surface area contributed by atoms with Crippen molar-refractivity contribution in [1.29, 1.82) is 0 Å². The first-order chi connectivity index (χ1) is 17.5. The lowest BCUT2D eigenvalue weighted by Crippen LogP contribution is -2.43. The Morgan fingerprint density at radius 1 is 1.00 bits per heavy atom. The van der Waals surface area contributed by atoms with Gasteiger partial charge in [0.1, 0.15) is 0 Å². The fourth-order valence-corrected chi connectivity index (χ4v) is 4.94. The van der Waals surface area contributed by atoms with E-state index in [9.17, 15) is 4.79 Å². The molecule has 184 valence electrons. The van der Waals surface area contributed by atoms with Crippen LogP contribution in [-0.4, -0.2) is 34.0 Å². The molecule has 6 heteroatoms. The Balaban J connectivity index is 1.26. The number of nitrogens with zero attached hydrogens (tertiary/aromatic N) is 3. The van der Waals surface area contributed by atoms with Gasteiger partial charge in [0.25, 0.3) is 0 Å². The molecule has 1 saturated heterocycles. The molecule has 1 aliphatic rings. The smallest absolute Gasteiger partial charge is 0.241 e. The van der Waals surface area contributed by atoms with Crippen LogP contribution in [0.15, 0.2) is 83.4 Å². The van der Waals surface area contributed by atoms with E-state index in [1.807, 2.05) is 55.5 Å². The molecule has 36 heavy (non-hydrogen) atoms. The molecule has 1 N–H and O–H groups in total. The van der Waals surface area contributed by atoms with Gasteiger partial charge in [0.05, 0.1) is 18.5 Å². The molecule has 2 heterocycles. The van der Waals surface area contributed by atoms with Crippen molar-refractivity contribution in [2.75, 3.05) is 13.1 Å². The van der Waals surface area contributed by atoms with Crippen molar-refractivity contribution in [1.82, 2.24) is 20.4 Å². The van der Waals surface area contributed by atoms with Crippen molar-refractivity contribution in [3.05, 3.63) is 107 Å². The highest BCUT2D eigenvalue weighted by Gasteiger charge is 2.29. The normalized spacial score (nSPS) is 17.0. The topological polar surface area (TPSA) is 71.3 Å². The SMILES string of the molecule is Cc1cccc(-c2noc(CN3CCCC(C(=O)NC(c4ccccc4)c4cccc(C)c4)C3)n2)c1. The van der Waals surface area contributed by atoms with Crippen molar-refractivity contribution in [2.24, 2.45) is 5.92 Å². The average Bonchev–Trinajstić information content (AvgIpc) is 3.36. The second-order valence-corrected chi connectivity index (χ2v) is 9.72. The maximum absolute atomic E-state index is 13.5. The van der Waals surface area contributed by atoms with E-state index in [4.69, 9.17) is 4.52 Å². The summed E-state index contributed by atoms with van der Waals surface area (Å²) in [4.78, 5) is 20.3. The zero-order valence-corrected chi connectivity index (χ0v) is 20.9. The van der Waals surface area contributed by atoms with Gasteiger partial charge in [0.2, 0.25) is 17.6 Å². The van der Waals surface area contributed by atoms with Crippen molar-refractivity contribution in [2.45, 2.75) is 39.3 Å². The fraction of sp³-hybridized carbons (Fsp3) is 0.300. The molecule has 2 atom stereocenters. The number of piperidine rings is 1. The van der Waals surface area contributed by atoms with Crippen LogP contribution in [0.3, 0.4) is 0 Å². The minimum absolute atomic E-state index is 0.0843. The van der Waals surface area contributed by atoms with Gasteiger partial charge < -0.3 is 9.84 Å². The van der Waals surface area contributed by atoms with Gasteiger partial charge in [-0.15, -0.1) is 0 Å². The first-order valence-corrected chi connectivity index (χ1v) is 12.6. The first-order valence-electron chi connectivity index (χ1n) is 12.6. The molecule has 0 saturated carbocycles. The van der Waals surface area contributed by atoms with Gasteiger partial charge in [-0.3, -0.25) is 9.69 Å². The molecule has 4 aromatic rings. The van der Waals surface area contributed by atoms with Gasteiger partial charge in [-0.1, -0.05) is 89.1 Å². The Bertz CT molecular complexity index is 1320. The van der Waals surface area contributed by atoms with Crippen LogP contribution < -0.4 is 5.32 Å². The first kappa shape index (κ1) is 23.9. The number of hydrogen-bond donors (Lipinski definition) is 1. The molecule has 1 fully saturated rings. The molecule has 1 aliphatic heterocycles. The number of hydrogen-bond acceptors (Lipinski definition) is 5. The molecule has 0 radical (unpaired) electrons. The second-order valence-electron chi connectivity index (χ2n) is 9.72. The van der Waals surface area contributed by atoms with Crippen molar-refractivity contribution in [3.8, 4) is 11.4 Å². The fourth-order valence-electron chi connectivity index (χ4n) is 4.94. The van der Waals surface area contributed by atoms with Gasteiger partial charge in [-0.05, 0) is 50.4 Å². The zero-order chi connectivity index (χ0) is 24.9. The van der Waals surface area contributed by atoms with E-state index in [1.54, 1.807) is 0 Å². The van der Waals surface area contributed by atoms with Crippen LogP contribution in [0.2, 0.25) is 0 Å². The lowest BCUT2D eigenvalue weighted by atomic mass is 9.93. The predicted octanol–water partition coefficient (Wildman–Crippen LogP) is 5.47. The number of nitrogens with one attached hydrogen (secondary N) is 1. The Hall–Kier alpha value is -3.77.